The molecule has 3 nitrogen and oxygen atoms in total. The molecule has 2 aromatic rings. The molecule has 0 aromatic carbocycles. The second kappa shape index (κ2) is 3.07. The summed E-state index contributed by atoms with van der Waals surface area (Å²) in [6.07, 6.45) is 1.59. The lowest BCUT2D eigenvalue weighted by Crippen LogP contribution is -1.75. The van der Waals surface area contributed by atoms with Crippen LogP contribution in [0.4, 0.5) is 0 Å². The SMILES string of the molecule is Cl.Clc1ccc2[nH]cnc2n1. The molecule has 0 amide bonds. The van der Waals surface area contributed by atoms with Gasteiger partial charge in [-0.2, -0.15) is 0 Å². The fourth-order valence-corrected chi connectivity index (χ4v) is 0.942. The molecule has 2 aromatic heterocycles. The predicted molar refractivity (Wildman–Crippen MR) is 46.1 cm³/mol. The van der Waals surface area contributed by atoms with Crippen LogP contribution in [0.3, 0.4) is 0 Å². The second-order valence-electron chi connectivity index (χ2n) is 1.91. The van der Waals surface area contributed by atoms with Crippen LogP contribution in [0.5, 0.6) is 0 Å². The quantitative estimate of drug-likeness (QED) is 0.645. The van der Waals surface area contributed by atoms with Crippen molar-refractivity contribution in [2.45, 2.75) is 0 Å². The number of H-pyrrole nitrogens is 1. The van der Waals surface area contributed by atoms with Crippen LogP contribution in [-0.4, -0.2) is 15.0 Å². The number of halogens is 2. The highest BCUT2D eigenvalue weighted by atomic mass is 35.5. The molecular formula is C6H5Cl2N3. The van der Waals surface area contributed by atoms with Crippen LogP contribution < -0.4 is 0 Å². The molecule has 0 saturated heterocycles. The number of hydrogen-bond acceptors (Lipinski definition) is 2. The molecular weight excluding hydrogens is 185 g/mol. The maximum atomic E-state index is 5.61. The van der Waals surface area contributed by atoms with E-state index in [1.807, 2.05) is 6.07 Å². The van der Waals surface area contributed by atoms with Gasteiger partial charge in [-0.25, -0.2) is 9.97 Å². The number of hydrogen-bond donors (Lipinski definition) is 1. The van der Waals surface area contributed by atoms with Gasteiger partial charge in [0.15, 0.2) is 5.65 Å². The Kier molecular flexibility index (Phi) is 2.31. The fraction of sp³-hybridized carbons (Fsp3) is 0. The van der Waals surface area contributed by atoms with Crippen LogP contribution in [0.1, 0.15) is 0 Å². The van der Waals surface area contributed by atoms with Gasteiger partial charge in [0.05, 0.1) is 11.8 Å². The van der Waals surface area contributed by atoms with Gasteiger partial charge in [-0.3, -0.25) is 0 Å². The van der Waals surface area contributed by atoms with Crippen molar-refractivity contribution in [2.75, 3.05) is 0 Å². The maximum Gasteiger partial charge on any atom is 0.178 e. The van der Waals surface area contributed by atoms with E-state index in [4.69, 9.17) is 11.6 Å². The standard InChI is InChI=1S/C6H4ClN3.ClH/c7-5-2-1-4-6(10-5)9-3-8-4;/h1-3H,(H,8,9,10);1H. The van der Waals surface area contributed by atoms with E-state index in [1.54, 1.807) is 12.4 Å². The van der Waals surface area contributed by atoms with Crippen molar-refractivity contribution < 1.29 is 0 Å². The van der Waals surface area contributed by atoms with E-state index in [2.05, 4.69) is 15.0 Å². The van der Waals surface area contributed by atoms with Gasteiger partial charge in [-0.15, -0.1) is 12.4 Å². The first kappa shape index (κ1) is 8.30. The first-order chi connectivity index (χ1) is 4.86. The van der Waals surface area contributed by atoms with E-state index in [0.717, 1.165) is 5.52 Å². The van der Waals surface area contributed by atoms with Crippen LogP contribution in [-0.2, 0) is 0 Å². The van der Waals surface area contributed by atoms with Gasteiger partial charge >= 0.3 is 0 Å². The van der Waals surface area contributed by atoms with Crippen molar-refractivity contribution in [2.24, 2.45) is 0 Å². The lowest BCUT2D eigenvalue weighted by atomic mass is 10.4. The van der Waals surface area contributed by atoms with E-state index in [1.165, 1.54) is 0 Å². The maximum absolute atomic E-state index is 5.61. The Labute approximate surface area is 74.2 Å². The molecule has 0 saturated carbocycles. The average molecular weight is 190 g/mol. The largest absolute Gasteiger partial charge is 0.343 e. The number of pyridine rings is 1. The average Bonchev–Trinajstić information content (AvgIpc) is 2.33. The van der Waals surface area contributed by atoms with Crippen LogP contribution in [0.25, 0.3) is 11.2 Å². The van der Waals surface area contributed by atoms with E-state index in [0.29, 0.717) is 10.8 Å². The van der Waals surface area contributed by atoms with Gasteiger partial charge in [0.2, 0.25) is 0 Å². The molecule has 0 spiro atoms. The van der Waals surface area contributed by atoms with Crippen molar-refractivity contribution in [3.05, 3.63) is 23.6 Å². The lowest BCUT2D eigenvalue weighted by Gasteiger charge is -1.86. The van der Waals surface area contributed by atoms with E-state index in [-0.39, 0.29) is 12.4 Å². The van der Waals surface area contributed by atoms with Gasteiger partial charge in [0.25, 0.3) is 0 Å². The predicted octanol–water partition coefficient (Wildman–Crippen LogP) is 2.03. The fourth-order valence-electron chi connectivity index (χ4n) is 0.799. The van der Waals surface area contributed by atoms with E-state index in [9.17, 15) is 0 Å². The van der Waals surface area contributed by atoms with E-state index < -0.39 is 0 Å². The van der Waals surface area contributed by atoms with Gasteiger partial charge in [-0.05, 0) is 12.1 Å². The van der Waals surface area contributed by atoms with E-state index >= 15 is 0 Å². The monoisotopic (exact) mass is 189 g/mol. The highest BCUT2D eigenvalue weighted by molar-refractivity contribution is 6.29. The van der Waals surface area contributed by atoms with Crippen LogP contribution in [0.15, 0.2) is 18.5 Å². The van der Waals surface area contributed by atoms with Crippen molar-refractivity contribution in [1.29, 1.82) is 0 Å². The Balaban J connectivity index is 0.000000605. The normalized spacial score (nSPS) is 9.55. The molecule has 0 aliphatic rings. The number of imidazole rings is 1. The third-order valence-electron chi connectivity index (χ3n) is 1.25. The van der Waals surface area contributed by atoms with Crippen molar-refractivity contribution >= 4 is 35.2 Å². The molecule has 0 aliphatic carbocycles. The number of aromatic nitrogens is 3. The zero-order chi connectivity index (χ0) is 6.97. The Bertz CT molecular complexity index is 357. The van der Waals surface area contributed by atoms with Gasteiger partial charge < -0.3 is 4.98 Å². The van der Waals surface area contributed by atoms with Gasteiger partial charge in [-0.1, -0.05) is 11.6 Å². The highest BCUT2D eigenvalue weighted by Gasteiger charge is 1.95. The molecule has 58 valence electrons. The van der Waals surface area contributed by atoms with Crippen LogP contribution in [0.2, 0.25) is 5.15 Å². The zero-order valence-corrected chi connectivity index (χ0v) is 6.99. The third-order valence-corrected chi connectivity index (χ3v) is 1.46. The molecule has 0 atom stereocenters. The zero-order valence-electron chi connectivity index (χ0n) is 5.41. The number of fused-ring (bicyclic) bond motifs is 1. The molecule has 1 N–H and O–H groups in total. The molecule has 2 rings (SSSR count). The van der Waals surface area contributed by atoms with Crippen molar-refractivity contribution in [3.63, 3.8) is 0 Å². The molecule has 0 bridgehead atoms. The summed E-state index contributed by atoms with van der Waals surface area (Å²) >= 11 is 5.61. The highest BCUT2D eigenvalue weighted by Crippen LogP contribution is 2.09. The molecule has 0 aliphatic heterocycles. The number of rotatable bonds is 0. The summed E-state index contributed by atoms with van der Waals surface area (Å²) in [5.41, 5.74) is 1.57. The number of aromatic amines is 1. The summed E-state index contributed by atoms with van der Waals surface area (Å²) in [6.45, 7) is 0. The Morgan fingerprint density at radius 2 is 2.18 bits per heavy atom. The van der Waals surface area contributed by atoms with Crippen LogP contribution in [0, 0.1) is 0 Å². The summed E-state index contributed by atoms with van der Waals surface area (Å²) < 4.78 is 0. The minimum absolute atomic E-state index is 0. The molecule has 5 heteroatoms. The minimum Gasteiger partial charge on any atom is -0.343 e. The van der Waals surface area contributed by atoms with Crippen molar-refractivity contribution in [3.8, 4) is 0 Å². The van der Waals surface area contributed by atoms with Gasteiger partial charge in [0.1, 0.15) is 5.15 Å². The summed E-state index contributed by atoms with van der Waals surface area (Å²) in [5, 5.41) is 0.472. The minimum atomic E-state index is 0. The Morgan fingerprint density at radius 1 is 1.36 bits per heavy atom. The molecule has 11 heavy (non-hydrogen) atoms. The topological polar surface area (TPSA) is 41.6 Å². The second-order valence-corrected chi connectivity index (χ2v) is 2.29. The smallest absolute Gasteiger partial charge is 0.178 e. The van der Waals surface area contributed by atoms with Crippen LogP contribution >= 0.6 is 24.0 Å². The molecule has 0 unspecified atom stereocenters. The summed E-state index contributed by atoms with van der Waals surface area (Å²) in [6, 6.07) is 3.57. The molecule has 0 radical (unpaired) electrons. The first-order valence-corrected chi connectivity index (χ1v) is 3.20. The van der Waals surface area contributed by atoms with Crippen molar-refractivity contribution in [1.82, 2.24) is 15.0 Å². The Hall–Kier alpha value is -0.800. The summed E-state index contributed by atoms with van der Waals surface area (Å²) in [4.78, 5) is 10.8. The summed E-state index contributed by atoms with van der Waals surface area (Å²) in [7, 11) is 0. The number of nitrogens with one attached hydrogen (secondary N) is 1. The number of nitrogens with zero attached hydrogens (tertiary/aromatic N) is 2. The first-order valence-electron chi connectivity index (χ1n) is 2.82. The summed E-state index contributed by atoms with van der Waals surface area (Å²) in [5.74, 6) is 0. The Morgan fingerprint density at radius 3 is 3.00 bits per heavy atom. The third kappa shape index (κ3) is 1.44. The molecule has 2 heterocycles. The lowest BCUT2D eigenvalue weighted by molar-refractivity contribution is 1.30. The molecule has 0 fully saturated rings. The van der Waals surface area contributed by atoms with Gasteiger partial charge in [0, 0.05) is 0 Å².